The number of para-hydroxylation sites is 1. The van der Waals surface area contributed by atoms with Crippen molar-refractivity contribution in [1.29, 1.82) is 0 Å². The van der Waals surface area contributed by atoms with Crippen LogP contribution in [0.5, 0.6) is 5.75 Å². The molecule has 0 unspecified atom stereocenters. The van der Waals surface area contributed by atoms with Crippen LogP contribution in [0.3, 0.4) is 0 Å². The number of hydrogen-bond acceptors (Lipinski definition) is 6. The first-order valence-electron chi connectivity index (χ1n) is 7.84. The van der Waals surface area contributed by atoms with Crippen LogP contribution in [0, 0.1) is 0 Å². The van der Waals surface area contributed by atoms with Crippen LogP contribution >= 0.6 is 11.6 Å². The highest BCUT2D eigenvalue weighted by atomic mass is 35.5. The summed E-state index contributed by atoms with van der Waals surface area (Å²) in [5.74, 6) is 1.73. The van der Waals surface area contributed by atoms with E-state index in [9.17, 15) is 0 Å². The predicted octanol–water partition coefficient (Wildman–Crippen LogP) is 4.44. The minimum atomic E-state index is 0.522. The molecule has 0 bridgehead atoms. The third-order valence-electron chi connectivity index (χ3n) is 3.60. The zero-order valence-electron chi connectivity index (χ0n) is 14.0. The molecule has 2 aromatic carbocycles. The van der Waals surface area contributed by atoms with Crippen LogP contribution in [0.4, 0.5) is 23.1 Å². The maximum absolute atomic E-state index is 6.16. The van der Waals surface area contributed by atoms with Crippen molar-refractivity contribution in [2.75, 3.05) is 23.9 Å². The Morgan fingerprint density at radius 2 is 1.96 bits per heavy atom. The SMILES string of the molecule is CCN(c1ccccc1)c1nncc(Nc2ccc(OC)c(Cl)c2)n1. The Hall–Kier alpha value is -2.86. The molecule has 7 heteroatoms. The van der Waals surface area contributed by atoms with E-state index in [1.54, 1.807) is 25.4 Å². The van der Waals surface area contributed by atoms with Crippen LogP contribution in [-0.4, -0.2) is 28.8 Å². The number of nitrogens with zero attached hydrogens (tertiary/aromatic N) is 4. The molecule has 6 nitrogen and oxygen atoms in total. The van der Waals surface area contributed by atoms with Crippen LogP contribution in [-0.2, 0) is 0 Å². The fourth-order valence-corrected chi connectivity index (χ4v) is 2.67. The lowest BCUT2D eigenvalue weighted by molar-refractivity contribution is 0.415. The van der Waals surface area contributed by atoms with Gasteiger partial charge in [-0.2, -0.15) is 10.1 Å². The van der Waals surface area contributed by atoms with Gasteiger partial charge in [0.1, 0.15) is 5.75 Å². The Bertz CT molecular complexity index is 844. The number of nitrogens with one attached hydrogen (secondary N) is 1. The first kappa shape index (κ1) is 17.0. The molecule has 128 valence electrons. The Morgan fingerprint density at radius 1 is 1.16 bits per heavy atom. The van der Waals surface area contributed by atoms with E-state index in [1.165, 1.54) is 0 Å². The minimum absolute atomic E-state index is 0.522. The summed E-state index contributed by atoms with van der Waals surface area (Å²) in [7, 11) is 1.58. The Balaban J connectivity index is 1.85. The lowest BCUT2D eigenvalue weighted by Crippen LogP contribution is -2.19. The predicted molar refractivity (Wildman–Crippen MR) is 100 cm³/mol. The molecule has 0 fully saturated rings. The van der Waals surface area contributed by atoms with Gasteiger partial charge in [0.2, 0.25) is 0 Å². The van der Waals surface area contributed by atoms with Crippen molar-refractivity contribution in [3.8, 4) is 5.75 Å². The van der Waals surface area contributed by atoms with Crippen LogP contribution in [0.1, 0.15) is 6.92 Å². The first-order valence-corrected chi connectivity index (χ1v) is 8.22. The van der Waals surface area contributed by atoms with E-state index in [2.05, 4.69) is 20.5 Å². The lowest BCUT2D eigenvalue weighted by Gasteiger charge is -2.20. The van der Waals surface area contributed by atoms with Gasteiger partial charge in [0.25, 0.3) is 5.95 Å². The van der Waals surface area contributed by atoms with Crippen molar-refractivity contribution in [3.63, 3.8) is 0 Å². The summed E-state index contributed by atoms with van der Waals surface area (Å²) in [5, 5.41) is 11.9. The number of hydrogen-bond donors (Lipinski definition) is 1. The highest BCUT2D eigenvalue weighted by Gasteiger charge is 2.12. The molecule has 25 heavy (non-hydrogen) atoms. The van der Waals surface area contributed by atoms with Crippen LogP contribution in [0.2, 0.25) is 5.02 Å². The largest absolute Gasteiger partial charge is 0.495 e. The fourth-order valence-electron chi connectivity index (χ4n) is 2.41. The smallest absolute Gasteiger partial charge is 0.251 e. The Morgan fingerprint density at radius 3 is 2.64 bits per heavy atom. The van der Waals surface area contributed by atoms with Crippen LogP contribution < -0.4 is 15.0 Å². The van der Waals surface area contributed by atoms with E-state index >= 15 is 0 Å². The second-order valence-corrected chi connectivity index (χ2v) is 5.60. The van der Waals surface area contributed by atoms with E-state index in [4.69, 9.17) is 16.3 Å². The molecular weight excluding hydrogens is 338 g/mol. The molecule has 1 heterocycles. The first-order chi connectivity index (χ1) is 12.2. The molecule has 0 amide bonds. The third kappa shape index (κ3) is 3.97. The summed E-state index contributed by atoms with van der Waals surface area (Å²) in [6, 6.07) is 15.4. The van der Waals surface area contributed by atoms with E-state index in [-0.39, 0.29) is 0 Å². The molecule has 0 aliphatic heterocycles. The highest BCUT2D eigenvalue weighted by molar-refractivity contribution is 6.32. The van der Waals surface area contributed by atoms with Crippen molar-refractivity contribution in [2.45, 2.75) is 6.92 Å². The van der Waals surface area contributed by atoms with Crippen molar-refractivity contribution in [1.82, 2.24) is 15.2 Å². The average Bonchev–Trinajstić information content (AvgIpc) is 2.64. The molecule has 0 saturated heterocycles. The summed E-state index contributed by atoms with van der Waals surface area (Å²) in [6.07, 6.45) is 1.57. The zero-order valence-corrected chi connectivity index (χ0v) is 14.7. The summed E-state index contributed by atoms with van der Waals surface area (Å²) in [6.45, 7) is 2.77. The van der Waals surface area contributed by atoms with Gasteiger partial charge < -0.3 is 15.0 Å². The van der Waals surface area contributed by atoms with Crippen molar-refractivity contribution in [3.05, 3.63) is 59.8 Å². The molecule has 0 atom stereocenters. The van der Waals surface area contributed by atoms with Gasteiger partial charge in [0.05, 0.1) is 18.3 Å². The molecular formula is C18H18ClN5O. The van der Waals surface area contributed by atoms with Gasteiger partial charge >= 0.3 is 0 Å². The normalized spacial score (nSPS) is 10.4. The molecule has 0 aliphatic rings. The molecule has 0 saturated carbocycles. The standard InChI is InChI=1S/C18H18ClN5O/c1-3-24(14-7-5-4-6-8-14)18-22-17(12-20-23-18)21-13-9-10-16(25-2)15(19)11-13/h4-12H,3H2,1-2H3,(H,21,22,23). The monoisotopic (exact) mass is 355 g/mol. The molecule has 1 aromatic heterocycles. The van der Waals surface area contributed by atoms with Crippen molar-refractivity contribution < 1.29 is 4.74 Å². The van der Waals surface area contributed by atoms with Gasteiger partial charge in [0, 0.05) is 17.9 Å². The molecule has 0 radical (unpaired) electrons. The number of benzene rings is 2. The van der Waals surface area contributed by atoms with Gasteiger partial charge in [0.15, 0.2) is 5.82 Å². The number of aromatic nitrogens is 3. The number of anilines is 4. The number of rotatable bonds is 6. The minimum Gasteiger partial charge on any atom is -0.495 e. The summed E-state index contributed by atoms with van der Waals surface area (Å²) >= 11 is 6.16. The molecule has 3 rings (SSSR count). The zero-order chi connectivity index (χ0) is 17.6. The van der Waals surface area contributed by atoms with Gasteiger partial charge in [-0.3, -0.25) is 0 Å². The second kappa shape index (κ2) is 7.81. The molecule has 1 N–H and O–H groups in total. The Kier molecular flexibility index (Phi) is 5.30. The van der Waals surface area contributed by atoms with Crippen LogP contribution in [0.15, 0.2) is 54.7 Å². The Labute approximate surface area is 151 Å². The van der Waals surface area contributed by atoms with Crippen molar-refractivity contribution >= 4 is 34.7 Å². The van der Waals surface area contributed by atoms with Gasteiger partial charge in [-0.15, -0.1) is 5.10 Å². The second-order valence-electron chi connectivity index (χ2n) is 5.20. The van der Waals surface area contributed by atoms with Gasteiger partial charge in [-0.05, 0) is 37.3 Å². The summed E-state index contributed by atoms with van der Waals surface area (Å²) in [4.78, 5) is 6.54. The maximum Gasteiger partial charge on any atom is 0.251 e. The van der Waals surface area contributed by atoms with E-state index in [0.717, 1.165) is 17.9 Å². The van der Waals surface area contributed by atoms with E-state index in [0.29, 0.717) is 22.5 Å². The lowest BCUT2D eigenvalue weighted by atomic mass is 10.3. The fraction of sp³-hybridized carbons (Fsp3) is 0.167. The highest BCUT2D eigenvalue weighted by Crippen LogP contribution is 2.29. The topological polar surface area (TPSA) is 63.2 Å². The maximum atomic E-state index is 6.16. The van der Waals surface area contributed by atoms with E-state index in [1.807, 2.05) is 48.2 Å². The molecule has 3 aromatic rings. The number of halogens is 1. The third-order valence-corrected chi connectivity index (χ3v) is 3.89. The van der Waals surface area contributed by atoms with Gasteiger partial charge in [-0.1, -0.05) is 29.8 Å². The average molecular weight is 356 g/mol. The number of methoxy groups -OCH3 is 1. The van der Waals surface area contributed by atoms with Gasteiger partial charge in [-0.25, -0.2) is 0 Å². The molecule has 0 spiro atoms. The van der Waals surface area contributed by atoms with Crippen molar-refractivity contribution in [2.24, 2.45) is 0 Å². The summed E-state index contributed by atoms with van der Waals surface area (Å²) < 4.78 is 5.16. The van der Waals surface area contributed by atoms with E-state index < -0.39 is 0 Å². The van der Waals surface area contributed by atoms with Crippen LogP contribution in [0.25, 0.3) is 0 Å². The summed E-state index contributed by atoms with van der Waals surface area (Å²) in [5.41, 5.74) is 1.80. The quantitative estimate of drug-likeness (QED) is 0.705. The number of ether oxygens (including phenoxy) is 1. The molecule has 0 aliphatic carbocycles.